The van der Waals surface area contributed by atoms with Gasteiger partial charge in [-0.05, 0) is 18.8 Å². The van der Waals surface area contributed by atoms with Gasteiger partial charge in [-0.3, -0.25) is 4.79 Å². The Labute approximate surface area is 158 Å². The first-order chi connectivity index (χ1) is 12.9. The minimum Gasteiger partial charge on any atom is -0.340 e. The van der Waals surface area contributed by atoms with E-state index in [4.69, 9.17) is 4.52 Å². The number of hydrogen-bond donors (Lipinski definition) is 0. The molecule has 1 amide bonds. The minimum atomic E-state index is -3.34. The summed E-state index contributed by atoms with van der Waals surface area (Å²) in [6.07, 6.45) is 2.90. The Morgan fingerprint density at radius 2 is 2.11 bits per heavy atom. The third-order valence-corrected chi connectivity index (χ3v) is 7.46. The maximum Gasteiger partial charge on any atom is 0.237 e. The highest BCUT2D eigenvalue weighted by Gasteiger charge is 2.55. The van der Waals surface area contributed by atoms with E-state index in [0.29, 0.717) is 24.8 Å². The van der Waals surface area contributed by atoms with Crippen molar-refractivity contribution in [1.82, 2.24) is 15.0 Å². The Bertz CT molecular complexity index is 941. The standard InChI is InChI=1S/C19H23N3O4S/c1-2-27(24,25)12-16(23)22-11-15-9-6-10-19(15,13-22)18-20-17(21-26-18)14-7-4-3-5-8-14/h3-5,7-8,15H,2,6,9-13H2,1H3/t15-,19-/m1/s1. The van der Waals surface area contributed by atoms with Gasteiger partial charge in [-0.2, -0.15) is 4.98 Å². The Morgan fingerprint density at radius 3 is 2.85 bits per heavy atom. The summed E-state index contributed by atoms with van der Waals surface area (Å²) in [5.74, 6) is 0.571. The van der Waals surface area contributed by atoms with Crippen LogP contribution in [0.4, 0.5) is 0 Å². The monoisotopic (exact) mass is 389 g/mol. The molecule has 7 nitrogen and oxygen atoms in total. The number of aromatic nitrogens is 2. The maximum atomic E-state index is 12.5. The van der Waals surface area contributed by atoms with Crippen molar-refractivity contribution in [2.45, 2.75) is 31.6 Å². The summed E-state index contributed by atoms with van der Waals surface area (Å²) in [6, 6.07) is 9.64. The lowest BCUT2D eigenvalue weighted by atomic mass is 9.80. The van der Waals surface area contributed by atoms with E-state index in [1.54, 1.807) is 11.8 Å². The van der Waals surface area contributed by atoms with E-state index in [1.807, 2.05) is 30.3 Å². The molecule has 0 bridgehead atoms. The number of nitrogens with zero attached hydrogens (tertiary/aromatic N) is 3. The molecule has 1 aromatic carbocycles. The Hall–Kier alpha value is -2.22. The summed E-state index contributed by atoms with van der Waals surface area (Å²) in [4.78, 5) is 18.8. The normalized spacial score (nSPS) is 24.9. The predicted molar refractivity (Wildman–Crippen MR) is 99.7 cm³/mol. The second-order valence-electron chi connectivity index (χ2n) is 7.49. The number of benzene rings is 1. The first-order valence-electron chi connectivity index (χ1n) is 9.31. The topological polar surface area (TPSA) is 93.4 Å². The number of carbonyl (C=O) groups is 1. The maximum absolute atomic E-state index is 12.5. The van der Waals surface area contributed by atoms with Gasteiger partial charge in [-0.15, -0.1) is 0 Å². The van der Waals surface area contributed by atoms with Gasteiger partial charge in [0.25, 0.3) is 0 Å². The molecule has 2 aliphatic rings. The van der Waals surface area contributed by atoms with Crippen LogP contribution in [0.25, 0.3) is 11.4 Å². The predicted octanol–water partition coefficient (Wildman–Crippen LogP) is 2.05. The smallest absolute Gasteiger partial charge is 0.237 e. The Kier molecular flexibility index (Phi) is 4.53. The molecule has 2 aromatic rings. The first kappa shape index (κ1) is 18.2. The molecule has 0 radical (unpaired) electrons. The zero-order valence-electron chi connectivity index (χ0n) is 15.3. The largest absolute Gasteiger partial charge is 0.340 e. The molecule has 2 atom stereocenters. The average molecular weight is 389 g/mol. The van der Waals surface area contributed by atoms with Crippen LogP contribution in [0.1, 0.15) is 32.1 Å². The summed E-state index contributed by atoms with van der Waals surface area (Å²) in [5.41, 5.74) is 0.532. The third kappa shape index (κ3) is 3.26. The Balaban J connectivity index is 1.59. The highest BCUT2D eigenvalue weighted by atomic mass is 32.2. The Morgan fingerprint density at radius 1 is 1.33 bits per heavy atom. The minimum absolute atomic E-state index is 0.0226. The number of rotatable bonds is 5. The van der Waals surface area contributed by atoms with E-state index in [9.17, 15) is 13.2 Å². The van der Waals surface area contributed by atoms with Crippen LogP contribution in [0.5, 0.6) is 0 Å². The van der Waals surface area contributed by atoms with Gasteiger partial charge in [0.2, 0.25) is 17.6 Å². The lowest BCUT2D eigenvalue weighted by Crippen LogP contribution is -2.37. The first-order valence-corrected chi connectivity index (χ1v) is 11.1. The molecule has 1 aromatic heterocycles. The molecule has 27 heavy (non-hydrogen) atoms. The lowest BCUT2D eigenvalue weighted by molar-refractivity contribution is -0.127. The van der Waals surface area contributed by atoms with Gasteiger partial charge in [0, 0.05) is 24.4 Å². The van der Waals surface area contributed by atoms with Crippen molar-refractivity contribution in [3.63, 3.8) is 0 Å². The van der Waals surface area contributed by atoms with Crippen LogP contribution in [-0.4, -0.2) is 54.0 Å². The second-order valence-corrected chi connectivity index (χ2v) is 9.84. The van der Waals surface area contributed by atoms with Crippen molar-refractivity contribution in [3.8, 4) is 11.4 Å². The molecule has 1 saturated heterocycles. The summed E-state index contributed by atoms with van der Waals surface area (Å²) < 4.78 is 29.3. The number of fused-ring (bicyclic) bond motifs is 1. The lowest BCUT2D eigenvalue weighted by Gasteiger charge is -2.24. The van der Waals surface area contributed by atoms with Crippen LogP contribution in [0.3, 0.4) is 0 Å². The van der Waals surface area contributed by atoms with Gasteiger partial charge in [0.15, 0.2) is 9.84 Å². The van der Waals surface area contributed by atoms with Crippen LogP contribution in [0.2, 0.25) is 0 Å². The molecular formula is C19H23N3O4S. The summed E-state index contributed by atoms with van der Waals surface area (Å²) in [7, 11) is -3.34. The van der Waals surface area contributed by atoms with Crippen LogP contribution in [0, 0.1) is 5.92 Å². The van der Waals surface area contributed by atoms with Crippen LogP contribution >= 0.6 is 0 Å². The molecule has 4 rings (SSSR count). The van der Waals surface area contributed by atoms with Gasteiger partial charge >= 0.3 is 0 Å². The third-order valence-electron chi connectivity index (χ3n) is 5.89. The summed E-state index contributed by atoms with van der Waals surface area (Å²) >= 11 is 0. The molecule has 8 heteroatoms. The zero-order chi connectivity index (χ0) is 19.1. The molecule has 1 aliphatic heterocycles. The number of likely N-dealkylation sites (tertiary alicyclic amines) is 1. The van der Waals surface area contributed by atoms with Crippen molar-refractivity contribution in [2.75, 3.05) is 24.6 Å². The molecule has 1 saturated carbocycles. The van der Waals surface area contributed by atoms with Crippen molar-refractivity contribution in [3.05, 3.63) is 36.2 Å². The second kappa shape index (κ2) is 6.74. The zero-order valence-corrected chi connectivity index (χ0v) is 16.1. The SMILES string of the molecule is CCS(=O)(=O)CC(=O)N1C[C@H]2CCC[C@@]2(c2nc(-c3ccccc3)no2)C1. The van der Waals surface area contributed by atoms with Crippen LogP contribution in [-0.2, 0) is 20.0 Å². The molecule has 0 unspecified atom stereocenters. The van der Waals surface area contributed by atoms with Crippen molar-refractivity contribution >= 4 is 15.7 Å². The van der Waals surface area contributed by atoms with Gasteiger partial charge in [0.1, 0.15) is 5.75 Å². The molecule has 2 fully saturated rings. The molecule has 1 aliphatic carbocycles. The fourth-order valence-corrected chi connectivity index (χ4v) is 5.10. The number of carbonyl (C=O) groups excluding carboxylic acids is 1. The fourth-order valence-electron chi connectivity index (χ4n) is 4.34. The van der Waals surface area contributed by atoms with Crippen molar-refractivity contribution in [2.24, 2.45) is 5.92 Å². The number of sulfone groups is 1. The van der Waals surface area contributed by atoms with Crippen LogP contribution < -0.4 is 0 Å². The van der Waals surface area contributed by atoms with Crippen molar-refractivity contribution in [1.29, 1.82) is 0 Å². The molecule has 0 N–H and O–H groups in total. The average Bonchev–Trinajstić information content (AvgIpc) is 3.36. The van der Waals surface area contributed by atoms with E-state index in [0.717, 1.165) is 24.8 Å². The van der Waals surface area contributed by atoms with Gasteiger partial charge in [-0.25, -0.2) is 8.42 Å². The molecule has 144 valence electrons. The quantitative estimate of drug-likeness (QED) is 0.777. The van der Waals surface area contributed by atoms with Crippen LogP contribution in [0.15, 0.2) is 34.9 Å². The van der Waals surface area contributed by atoms with Gasteiger partial charge < -0.3 is 9.42 Å². The van der Waals surface area contributed by atoms with E-state index in [-0.39, 0.29) is 23.0 Å². The number of hydrogen-bond acceptors (Lipinski definition) is 6. The molecular weight excluding hydrogens is 366 g/mol. The van der Waals surface area contributed by atoms with Gasteiger partial charge in [0.05, 0.1) is 5.41 Å². The highest BCUT2D eigenvalue weighted by Crippen LogP contribution is 2.50. The van der Waals surface area contributed by atoms with E-state index >= 15 is 0 Å². The summed E-state index contributed by atoms with van der Waals surface area (Å²) in [5, 5.41) is 4.14. The van der Waals surface area contributed by atoms with E-state index < -0.39 is 15.6 Å². The summed E-state index contributed by atoms with van der Waals surface area (Å²) in [6.45, 7) is 2.57. The fraction of sp³-hybridized carbons (Fsp3) is 0.526. The van der Waals surface area contributed by atoms with E-state index in [2.05, 4.69) is 10.1 Å². The molecule has 2 heterocycles. The highest BCUT2D eigenvalue weighted by molar-refractivity contribution is 7.92. The van der Waals surface area contributed by atoms with E-state index in [1.165, 1.54) is 0 Å². The van der Waals surface area contributed by atoms with Crippen molar-refractivity contribution < 1.29 is 17.7 Å². The number of amides is 1. The molecule has 0 spiro atoms. The van der Waals surface area contributed by atoms with Gasteiger partial charge in [-0.1, -0.05) is 48.8 Å².